The number of halogens is 1. The molecular formula is C24H21ClN4O3. The summed E-state index contributed by atoms with van der Waals surface area (Å²) in [6, 6.07) is 13.4. The second kappa shape index (κ2) is 8.16. The predicted octanol–water partition coefficient (Wildman–Crippen LogP) is 4.25. The number of nitrogens with zero attached hydrogens (tertiary/aromatic N) is 3. The lowest BCUT2D eigenvalue weighted by atomic mass is 10.0. The van der Waals surface area contributed by atoms with Crippen molar-refractivity contribution in [1.82, 2.24) is 19.9 Å². The highest BCUT2D eigenvalue weighted by Crippen LogP contribution is 2.32. The number of hydrogen-bond acceptors (Lipinski definition) is 5. The molecule has 0 atom stereocenters. The van der Waals surface area contributed by atoms with E-state index in [1.807, 2.05) is 56.3 Å². The van der Waals surface area contributed by atoms with Gasteiger partial charge in [-0.1, -0.05) is 29.8 Å². The molecule has 1 N–H and O–H groups in total. The first kappa shape index (κ1) is 20.3. The largest absolute Gasteiger partial charge is 0.454 e. The lowest BCUT2D eigenvalue weighted by Crippen LogP contribution is -2.23. The topological polar surface area (TPSA) is 77.8 Å². The van der Waals surface area contributed by atoms with E-state index in [-0.39, 0.29) is 12.7 Å². The summed E-state index contributed by atoms with van der Waals surface area (Å²) in [6.07, 6.45) is 2.25. The summed E-state index contributed by atoms with van der Waals surface area (Å²) in [4.78, 5) is 17.6. The van der Waals surface area contributed by atoms with Crippen molar-refractivity contribution in [3.63, 3.8) is 0 Å². The number of carbonyl (C=O) groups excluding carboxylic acids is 1. The van der Waals surface area contributed by atoms with Crippen molar-refractivity contribution >= 4 is 23.2 Å². The fourth-order valence-electron chi connectivity index (χ4n) is 3.91. The lowest BCUT2D eigenvalue weighted by molar-refractivity contribution is 0.0952. The molecule has 1 aliphatic rings. The number of nitrogens with one attached hydrogen (secondary N) is 1. The number of carbonyl (C=O) groups is 1. The Kier molecular flexibility index (Phi) is 5.19. The van der Waals surface area contributed by atoms with Crippen LogP contribution in [0.5, 0.6) is 11.5 Å². The van der Waals surface area contributed by atoms with Gasteiger partial charge in [0.1, 0.15) is 5.56 Å². The zero-order valence-corrected chi connectivity index (χ0v) is 18.4. The van der Waals surface area contributed by atoms with Gasteiger partial charge in [-0.05, 0) is 54.8 Å². The molecule has 8 heteroatoms. The van der Waals surface area contributed by atoms with Crippen LogP contribution >= 0.6 is 11.6 Å². The number of hydrogen-bond donors (Lipinski definition) is 1. The van der Waals surface area contributed by atoms with E-state index in [0.29, 0.717) is 40.7 Å². The van der Waals surface area contributed by atoms with Crippen LogP contribution < -0.4 is 14.8 Å². The minimum absolute atomic E-state index is 0.219. The van der Waals surface area contributed by atoms with Crippen molar-refractivity contribution < 1.29 is 14.3 Å². The van der Waals surface area contributed by atoms with Crippen LogP contribution in [0.25, 0.3) is 5.65 Å². The van der Waals surface area contributed by atoms with Gasteiger partial charge in [0.15, 0.2) is 17.1 Å². The van der Waals surface area contributed by atoms with E-state index in [9.17, 15) is 4.79 Å². The molecule has 7 nitrogen and oxygen atoms in total. The predicted molar refractivity (Wildman–Crippen MR) is 120 cm³/mol. The minimum Gasteiger partial charge on any atom is -0.454 e. The highest BCUT2D eigenvalue weighted by atomic mass is 35.5. The van der Waals surface area contributed by atoms with Gasteiger partial charge in [0.2, 0.25) is 6.79 Å². The molecule has 0 saturated carbocycles. The third-order valence-electron chi connectivity index (χ3n) is 5.61. The number of ether oxygens (including phenoxy) is 2. The summed E-state index contributed by atoms with van der Waals surface area (Å²) >= 11 is 6.13. The summed E-state index contributed by atoms with van der Waals surface area (Å²) in [5.74, 6) is 1.17. The summed E-state index contributed by atoms with van der Waals surface area (Å²) in [6.45, 7) is 4.52. The van der Waals surface area contributed by atoms with Crippen LogP contribution in [0.4, 0.5) is 0 Å². The summed E-state index contributed by atoms with van der Waals surface area (Å²) < 4.78 is 12.4. The van der Waals surface area contributed by atoms with E-state index >= 15 is 0 Å². The maximum Gasteiger partial charge on any atom is 0.257 e. The molecule has 0 unspecified atom stereocenters. The highest BCUT2D eigenvalue weighted by Gasteiger charge is 2.19. The Morgan fingerprint density at radius 1 is 1.12 bits per heavy atom. The first-order valence-corrected chi connectivity index (χ1v) is 10.6. The van der Waals surface area contributed by atoms with Gasteiger partial charge in [-0.2, -0.15) is 5.10 Å². The maximum atomic E-state index is 12.9. The van der Waals surface area contributed by atoms with E-state index in [2.05, 4.69) is 10.4 Å². The molecule has 0 radical (unpaired) electrons. The van der Waals surface area contributed by atoms with Crippen LogP contribution in [0, 0.1) is 13.8 Å². The zero-order chi connectivity index (χ0) is 22.2. The Balaban J connectivity index is 1.38. The average molecular weight is 449 g/mol. The fraction of sp³-hybridized carbons (Fsp3) is 0.208. The van der Waals surface area contributed by atoms with Gasteiger partial charge < -0.3 is 14.8 Å². The molecule has 32 heavy (non-hydrogen) atoms. The van der Waals surface area contributed by atoms with Crippen LogP contribution in [-0.4, -0.2) is 27.3 Å². The van der Waals surface area contributed by atoms with Crippen LogP contribution in [0.3, 0.4) is 0 Å². The third kappa shape index (κ3) is 3.76. The van der Waals surface area contributed by atoms with Gasteiger partial charge in [0.25, 0.3) is 5.91 Å². The normalized spacial score (nSPS) is 12.3. The van der Waals surface area contributed by atoms with Crippen LogP contribution in [0.15, 0.2) is 48.7 Å². The molecule has 2 aromatic carbocycles. The van der Waals surface area contributed by atoms with Crippen molar-refractivity contribution in [3.05, 3.63) is 87.3 Å². The van der Waals surface area contributed by atoms with E-state index < -0.39 is 0 Å². The second-order valence-electron chi connectivity index (χ2n) is 7.73. The smallest absolute Gasteiger partial charge is 0.257 e. The average Bonchev–Trinajstić information content (AvgIpc) is 3.41. The molecule has 1 aliphatic heterocycles. The van der Waals surface area contributed by atoms with Crippen LogP contribution in [0.2, 0.25) is 5.02 Å². The van der Waals surface area contributed by atoms with E-state index in [0.717, 1.165) is 28.1 Å². The molecule has 162 valence electrons. The highest BCUT2D eigenvalue weighted by molar-refractivity contribution is 6.30. The van der Waals surface area contributed by atoms with Crippen molar-refractivity contribution in [3.8, 4) is 11.5 Å². The number of aromatic nitrogens is 3. The van der Waals surface area contributed by atoms with Crippen molar-refractivity contribution in [1.29, 1.82) is 0 Å². The molecular weight excluding hydrogens is 428 g/mol. The number of rotatable bonds is 5. The van der Waals surface area contributed by atoms with Gasteiger partial charge in [-0.25, -0.2) is 9.50 Å². The molecule has 0 spiro atoms. The molecule has 2 aromatic heterocycles. The fourth-order valence-corrected chi connectivity index (χ4v) is 4.12. The van der Waals surface area contributed by atoms with Gasteiger partial charge in [0, 0.05) is 29.4 Å². The monoisotopic (exact) mass is 448 g/mol. The molecule has 0 bridgehead atoms. The molecule has 0 aliphatic carbocycles. The molecule has 4 aromatic rings. The van der Waals surface area contributed by atoms with Crippen LogP contribution in [-0.2, 0) is 13.0 Å². The Hall–Kier alpha value is -3.58. The van der Waals surface area contributed by atoms with Crippen molar-refractivity contribution in [2.45, 2.75) is 26.8 Å². The molecule has 1 amide bonds. The molecule has 3 heterocycles. The zero-order valence-electron chi connectivity index (χ0n) is 17.7. The summed E-state index contributed by atoms with van der Waals surface area (Å²) in [7, 11) is 0. The van der Waals surface area contributed by atoms with Crippen molar-refractivity contribution in [2.24, 2.45) is 0 Å². The number of fused-ring (bicyclic) bond motifs is 2. The Labute approximate surface area is 189 Å². The van der Waals surface area contributed by atoms with E-state index in [1.54, 1.807) is 10.7 Å². The van der Waals surface area contributed by atoms with Gasteiger partial charge in [-0.15, -0.1) is 0 Å². The first-order valence-electron chi connectivity index (χ1n) is 10.2. The lowest BCUT2D eigenvalue weighted by Gasteiger charge is -2.12. The van der Waals surface area contributed by atoms with E-state index in [4.69, 9.17) is 26.1 Å². The minimum atomic E-state index is -0.230. The Morgan fingerprint density at radius 2 is 1.97 bits per heavy atom. The standard InChI is InChI=1S/C24H21ClN4O3/c1-14-19(9-16-4-3-5-18(25)8-16)15(2)29-23(28-14)20(12-27-29)24(30)26-11-17-6-7-21-22(10-17)32-13-31-21/h3-8,10,12H,9,11,13H2,1-2H3,(H,26,30). The first-order chi connectivity index (χ1) is 15.5. The summed E-state index contributed by atoms with van der Waals surface area (Å²) in [5, 5.41) is 8.08. The molecule has 5 rings (SSSR count). The van der Waals surface area contributed by atoms with Gasteiger partial charge in [-0.3, -0.25) is 4.79 Å². The maximum absolute atomic E-state index is 12.9. The quantitative estimate of drug-likeness (QED) is 0.494. The van der Waals surface area contributed by atoms with Crippen LogP contribution in [0.1, 0.15) is 38.4 Å². The van der Waals surface area contributed by atoms with Gasteiger partial charge in [0.05, 0.1) is 6.20 Å². The SMILES string of the molecule is Cc1nc2c(C(=O)NCc3ccc4c(c3)OCO4)cnn2c(C)c1Cc1cccc(Cl)c1. The Morgan fingerprint density at radius 3 is 2.81 bits per heavy atom. The van der Waals surface area contributed by atoms with Gasteiger partial charge >= 0.3 is 0 Å². The van der Waals surface area contributed by atoms with E-state index in [1.165, 1.54) is 0 Å². The Bertz CT molecular complexity index is 1350. The van der Waals surface area contributed by atoms with Crippen molar-refractivity contribution in [2.75, 3.05) is 6.79 Å². The third-order valence-corrected chi connectivity index (χ3v) is 5.85. The molecule has 0 saturated heterocycles. The number of benzene rings is 2. The molecule has 0 fully saturated rings. The number of amides is 1. The second-order valence-corrected chi connectivity index (χ2v) is 8.17. The summed E-state index contributed by atoms with van der Waals surface area (Å²) in [5.41, 5.74) is 5.86. The number of aryl methyl sites for hydroxylation is 2.